The van der Waals surface area contributed by atoms with Crippen LogP contribution in [0.25, 0.3) is 0 Å². The number of carbonyl (C=O) groups excluding carboxylic acids is 1. The molecule has 1 aliphatic heterocycles. The number of morpholine rings is 1. The third kappa shape index (κ3) is 9.06. The molecule has 1 atom stereocenters. The monoisotopic (exact) mass is 537 g/mol. The summed E-state index contributed by atoms with van der Waals surface area (Å²) in [4.78, 5) is 19.3. The number of halogens is 2. The van der Waals surface area contributed by atoms with Crippen molar-refractivity contribution in [1.82, 2.24) is 15.5 Å². The largest absolute Gasteiger partial charge is 0.379 e. The van der Waals surface area contributed by atoms with E-state index in [0.29, 0.717) is 30.6 Å². The third-order valence-electron chi connectivity index (χ3n) is 4.71. The molecule has 0 saturated carbocycles. The summed E-state index contributed by atoms with van der Waals surface area (Å²) in [6, 6.07) is 5.85. The lowest BCUT2D eigenvalue weighted by molar-refractivity contribution is -0.116. The maximum absolute atomic E-state index is 12.2. The second kappa shape index (κ2) is 14.0. The molecule has 9 heteroatoms. The molecule has 1 aromatic rings. The molecule has 1 unspecified atom stereocenters. The van der Waals surface area contributed by atoms with E-state index >= 15 is 0 Å². The van der Waals surface area contributed by atoms with E-state index in [0.717, 1.165) is 50.1 Å². The van der Waals surface area contributed by atoms with E-state index in [9.17, 15) is 4.79 Å². The SMILES string of the molecule is CCNC(=NCC(C)N1CCOCC1)NCCC(=O)Nc1cccc(Cl)c1C.I. The van der Waals surface area contributed by atoms with Crippen LogP contribution in [0.3, 0.4) is 0 Å². The highest BCUT2D eigenvalue weighted by Gasteiger charge is 2.16. The highest BCUT2D eigenvalue weighted by atomic mass is 127. The van der Waals surface area contributed by atoms with Crippen LogP contribution in [0.4, 0.5) is 5.69 Å². The van der Waals surface area contributed by atoms with Gasteiger partial charge in [0.25, 0.3) is 0 Å². The summed E-state index contributed by atoms with van der Waals surface area (Å²) in [5, 5.41) is 10.0. The number of amides is 1. The summed E-state index contributed by atoms with van der Waals surface area (Å²) in [7, 11) is 0. The fraction of sp³-hybridized carbons (Fsp3) is 0.600. The molecule has 7 nitrogen and oxygen atoms in total. The predicted octanol–water partition coefficient (Wildman–Crippen LogP) is 2.87. The molecule has 1 saturated heterocycles. The van der Waals surface area contributed by atoms with Gasteiger partial charge in [0.15, 0.2) is 5.96 Å². The Labute approximate surface area is 196 Å². The van der Waals surface area contributed by atoms with Crippen LogP contribution in [0.5, 0.6) is 0 Å². The summed E-state index contributed by atoms with van der Waals surface area (Å²) in [5.41, 5.74) is 1.62. The first-order valence-electron chi connectivity index (χ1n) is 9.90. The zero-order chi connectivity index (χ0) is 20.4. The highest BCUT2D eigenvalue weighted by Crippen LogP contribution is 2.22. The van der Waals surface area contributed by atoms with Crippen molar-refractivity contribution < 1.29 is 9.53 Å². The Bertz CT molecular complexity index is 668. The average Bonchev–Trinajstić information content (AvgIpc) is 2.70. The lowest BCUT2D eigenvalue weighted by Gasteiger charge is -2.31. The van der Waals surface area contributed by atoms with E-state index in [4.69, 9.17) is 16.3 Å². The Morgan fingerprint density at radius 3 is 2.72 bits per heavy atom. The van der Waals surface area contributed by atoms with E-state index in [1.54, 1.807) is 0 Å². The molecule has 29 heavy (non-hydrogen) atoms. The molecule has 3 N–H and O–H groups in total. The zero-order valence-electron chi connectivity index (χ0n) is 17.5. The van der Waals surface area contributed by atoms with Crippen LogP contribution < -0.4 is 16.0 Å². The Morgan fingerprint density at radius 1 is 1.31 bits per heavy atom. The lowest BCUT2D eigenvalue weighted by atomic mass is 10.2. The second-order valence-electron chi connectivity index (χ2n) is 6.85. The van der Waals surface area contributed by atoms with Crippen molar-refractivity contribution in [2.24, 2.45) is 4.99 Å². The fourth-order valence-corrected chi connectivity index (χ4v) is 3.12. The van der Waals surface area contributed by atoms with Crippen LogP contribution in [-0.4, -0.2) is 68.7 Å². The van der Waals surface area contributed by atoms with Crippen molar-refractivity contribution in [1.29, 1.82) is 0 Å². The van der Waals surface area contributed by atoms with E-state index in [2.05, 4.69) is 32.8 Å². The van der Waals surface area contributed by atoms with Crippen LogP contribution >= 0.6 is 35.6 Å². The van der Waals surface area contributed by atoms with Crippen LogP contribution in [0.2, 0.25) is 5.02 Å². The zero-order valence-corrected chi connectivity index (χ0v) is 20.5. The first-order valence-corrected chi connectivity index (χ1v) is 10.3. The molecule has 2 rings (SSSR count). The van der Waals surface area contributed by atoms with Gasteiger partial charge >= 0.3 is 0 Å². The second-order valence-corrected chi connectivity index (χ2v) is 7.26. The van der Waals surface area contributed by atoms with E-state index in [1.807, 2.05) is 32.0 Å². The quantitative estimate of drug-likeness (QED) is 0.270. The Balaban J connectivity index is 0.00000420. The van der Waals surface area contributed by atoms with E-state index < -0.39 is 0 Å². The van der Waals surface area contributed by atoms with Crippen molar-refractivity contribution in [3.63, 3.8) is 0 Å². The van der Waals surface area contributed by atoms with Crippen LogP contribution in [0.15, 0.2) is 23.2 Å². The average molecular weight is 538 g/mol. The molecule has 164 valence electrons. The minimum Gasteiger partial charge on any atom is -0.379 e. The third-order valence-corrected chi connectivity index (χ3v) is 5.12. The fourth-order valence-electron chi connectivity index (χ4n) is 2.95. The van der Waals surface area contributed by atoms with Gasteiger partial charge in [-0.15, -0.1) is 24.0 Å². The summed E-state index contributed by atoms with van der Waals surface area (Å²) in [6.07, 6.45) is 0.343. The van der Waals surface area contributed by atoms with Crippen molar-refractivity contribution in [2.45, 2.75) is 33.2 Å². The van der Waals surface area contributed by atoms with Crippen molar-refractivity contribution in [3.8, 4) is 0 Å². The van der Waals surface area contributed by atoms with Gasteiger partial charge in [0.2, 0.25) is 5.91 Å². The van der Waals surface area contributed by atoms with Gasteiger partial charge in [-0.05, 0) is 38.5 Å². The standard InChI is InChI=1S/C20H32ClN5O2.HI/c1-4-22-20(24-14-15(2)26-10-12-28-13-11-26)23-9-8-19(27)25-18-7-5-6-17(21)16(18)3;/h5-7,15H,4,8-14H2,1-3H3,(H,25,27)(H2,22,23,24);1H. The normalized spacial score (nSPS) is 15.9. The van der Waals surface area contributed by atoms with Gasteiger partial charge in [-0.3, -0.25) is 14.7 Å². The Kier molecular flexibility index (Phi) is 12.5. The maximum Gasteiger partial charge on any atom is 0.226 e. The summed E-state index contributed by atoms with van der Waals surface area (Å²) in [6.45, 7) is 11.5. The lowest BCUT2D eigenvalue weighted by Crippen LogP contribution is -2.44. The topological polar surface area (TPSA) is 78.0 Å². The number of nitrogens with one attached hydrogen (secondary N) is 3. The van der Waals surface area contributed by atoms with Gasteiger partial charge in [0.05, 0.1) is 19.8 Å². The molecular formula is C20H33ClIN5O2. The van der Waals surface area contributed by atoms with Crippen molar-refractivity contribution in [2.75, 3.05) is 51.3 Å². The number of anilines is 1. The molecular weight excluding hydrogens is 505 g/mol. The summed E-state index contributed by atoms with van der Waals surface area (Å²) in [5.74, 6) is 0.671. The molecule has 0 bridgehead atoms. The maximum atomic E-state index is 12.2. The molecule has 0 spiro atoms. The van der Waals surface area contributed by atoms with Gasteiger partial charge in [-0.1, -0.05) is 17.7 Å². The highest BCUT2D eigenvalue weighted by molar-refractivity contribution is 14.0. The number of hydrogen-bond acceptors (Lipinski definition) is 4. The smallest absolute Gasteiger partial charge is 0.226 e. The van der Waals surface area contributed by atoms with E-state index in [1.165, 1.54) is 0 Å². The minimum absolute atomic E-state index is 0. The van der Waals surface area contributed by atoms with E-state index in [-0.39, 0.29) is 29.9 Å². The van der Waals surface area contributed by atoms with Gasteiger partial charge < -0.3 is 20.7 Å². The number of aliphatic imine (C=N–C) groups is 1. The number of benzene rings is 1. The number of rotatable bonds is 8. The predicted molar refractivity (Wildman–Crippen MR) is 131 cm³/mol. The molecule has 1 aliphatic rings. The van der Waals surface area contributed by atoms with Gasteiger partial charge in [0, 0.05) is 49.4 Å². The van der Waals surface area contributed by atoms with Crippen molar-refractivity contribution >= 4 is 53.1 Å². The molecule has 0 radical (unpaired) electrons. The van der Waals surface area contributed by atoms with Crippen molar-refractivity contribution in [3.05, 3.63) is 28.8 Å². The van der Waals surface area contributed by atoms with Gasteiger partial charge in [-0.25, -0.2) is 0 Å². The molecule has 1 aromatic carbocycles. The summed E-state index contributed by atoms with van der Waals surface area (Å²) < 4.78 is 5.40. The van der Waals surface area contributed by atoms with Gasteiger partial charge in [0.1, 0.15) is 0 Å². The minimum atomic E-state index is -0.0598. The Hall–Kier alpha value is -1.10. The number of ether oxygens (including phenoxy) is 1. The van der Waals surface area contributed by atoms with Crippen LogP contribution in [0.1, 0.15) is 25.8 Å². The molecule has 0 aliphatic carbocycles. The van der Waals surface area contributed by atoms with Crippen LogP contribution in [0, 0.1) is 6.92 Å². The number of guanidine groups is 1. The number of hydrogen-bond donors (Lipinski definition) is 3. The molecule has 0 aromatic heterocycles. The first kappa shape index (κ1) is 25.9. The van der Waals surface area contributed by atoms with Gasteiger partial charge in [-0.2, -0.15) is 0 Å². The summed E-state index contributed by atoms with van der Waals surface area (Å²) >= 11 is 6.10. The molecule has 1 amide bonds. The number of nitrogens with zero attached hydrogens (tertiary/aromatic N) is 2. The first-order chi connectivity index (χ1) is 13.5. The Morgan fingerprint density at radius 2 is 2.03 bits per heavy atom. The van der Waals surface area contributed by atoms with Crippen LogP contribution in [-0.2, 0) is 9.53 Å². The molecule has 1 fully saturated rings. The number of carbonyl (C=O) groups is 1. The molecule has 1 heterocycles.